The summed E-state index contributed by atoms with van der Waals surface area (Å²) in [7, 11) is 0. The second-order valence-electron chi connectivity index (χ2n) is 3.56. The zero-order valence-electron chi connectivity index (χ0n) is 9.76. The van der Waals surface area contributed by atoms with E-state index in [0.717, 1.165) is 5.69 Å². The largest absolute Gasteiger partial charge is 0.489 e. The van der Waals surface area contributed by atoms with Crippen LogP contribution in [0.15, 0.2) is 54.4 Å². The third-order valence-corrected chi connectivity index (χ3v) is 3.07. The molecule has 0 aliphatic heterocycles. The van der Waals surface area contributed by atoms with E-state index < -0.39 is 0 Å². The lowest BCUT2D eigenvalue weighted by Gasteiger charge is -2.07. The number of anilines is 1. The Balaban J connectivity index is 2.05. The van der Waals surface area contributed by atoms with E-state index in [1.807, 2.05) is 29.6 Å². The molecule has 1 aromatic heterocycles. The van der Waals surface area contributed by atoms with Gasteiger partial charge in [0.15, 0.2) is 0 Å². The fraction of sp³-hybridized carbons (Fsp3) is 0.0714. The van der Waals surface area contributed by atoms with Gasteiger partial charge in [0, 0.05) is 11.8 Å². The average molecular weight is 259 g/mol. The van der Waals surface area contributed by atoms with Crippen molar-refractivity contribution < 1.29 is 9.53 Å². The number of nitrogens with one attached hydrogen (secondary N) is 1. The Hall–Kier alpha value is -2.07. The van der Waals surface area contributed by atoms with Gasteiger partial charge in [0.25, 0.3) is 5.91 Å². The Labute approximate surface area is 110 Å². The van der Waals surface area contributed by atoms with E-state index in [9.17, 15) is 4.79 Å². The van der Waals surface area contributed by atoms with Gasteiger partial charge in [-0.1, -0.05) is 24.8 Å². The van der Waals surface area contributed by atoms with Crippen molar-refractivity contribution in [1.29, 1.82) is 0 Å². The molecule has 0 saturated carbocycles. The van der Waals surface area contributed by atoms with Crippen molar-refractivity contribution in [3.05, 3.63) is 59.3 Å². The predicted molar refractivity (Wildman–Crippen MR) is 74.4 cm³/mol. The van der Waals surface area contributed by atoms with Crippen molar-refractivity contribution in [2.45, 2.75) is 0 Å². The first-order valence-corrected chi connectivity index (χ1v) is 6.36. The van der Waals surface area contributed by atoms with E-state index in [4.69, 9.17) is 4.74 Å². The molecule has 0 unspecified atom stereocenters. The minimum atomic E-state index is -0.106. The van der Waals surface area contributed by atoms with E-state index in [1.54, 1.807) is 18.2 Å². The molecule has 0 spiro atoms. The average Bonchev–Trinajstić information content (AvgIpc) is 2.91. The zero-order valence-corrected chi connectivity index (χ0v) is 10.6. The molecule has 3 nitrogen and oxygen atoms in total. The molecule has 0 bridgehead atoms. The third kappa shape index (κ3) is 3.21. The van der Waals surface area contributed by atoms with Gasteiger partial charge in [-0.2, -0.15) is 0 Å². The van der Waals surface area contributed by atoms with Gasteiger partial charge >= 0.3 is 0 Å². The Morgan fingerprint density at radius 3 is 3.00 bits per heavy atom. The van der Waals surface area contributed by atoms with Crippen LogP contribution < -0.4 is 10.1 Å². The SMILES string of the molecule is C=CCOc1cccc(NC(=O)c2cccs2)c1. The molecule has 4 heteroatoms. The van der Waals surface area contributed by atoms with Gasteiger partial charge in [-0.05, 0) is 23.6 Å². The van der Waals surface area contributed by atoms with Crippen molar-refractivity contribution >= 4 is 22.9 Å². The monoisotopic (exact) mass is 259 g/mol. The molecule has 1 heterocycles. The molecule has 92 valence electrons. The third-order valence-electron chi connectivity index (χ3n) is 2.20. The highest BCUT2D eigenvalue weighted by molar-refractivity contribution is 7.12. The highest BCUT2D eigenvalue weighted by Crippen LogP contribution is 2.19. The van der Waals surface area contributed by atoms with E-state index in [2.05, 4.69) is 11.9 Å². The Morgan fingerprint density at radius 1 is 1.39 bits per heavy atom. The van der Waals surface area contributed by atoms with Crippen molar-refractivity contribution in [1.82, 2.24) is 0 Å². The van der Waals surface area contributed by atoms with Gasteiger partial charge in [0.05, 0.1) is 4.88 Å². The molecule has 0 aliphatic carbocycles. The van der Waals surface area contributed by atoms with Gasteiger partial charge < -0.3 is 10.1 Å². The zero-order chi connectivity index (χ0) is 12.8. The summed E-state index contributed by atoms with van der Waals surface area (Å²) in [5.74, 6) is 0.602. The Kier molecular flexibility index (Phi) is 4.15. The summed E-state index contributed by atoms with van der Waals surface area (Å²) in [6.45, 7) is 4.03. The smallest absolute Gasteiger partial charge is 0.265 e. The molecule has 1 amide bonds. The van der Waals surface area contributed by atoms with E-state index in [-0.39, 0.29) is 5.91 Å². The maximum atomic E-state index is 11.8. The molecule has 2 aromatic rings. The van der Waals surface area contributed by atoms with Crippen LogP contribution in [-0.4, -0.2) is 12.5 Å². The summed E-state index contributed by atoms with van der Waals surface area (Å²) in [4.78, 5) is 12.5. The van der Waals surface area contributed by atoms with Crippen LogP contribution in [0.3, 0.4) is 0 Å². The molecule has 0 aliphatic rings. The molecule has 1 N–H and O–H groups in total. The van der Waals surface area contributed by atoms with Gasteiger partial charge in [-0.3, -0.25) is 4.79 Å². The summed E-state index contributed by atoms with van der Waals surface area (Å²) in [6, 6.07) is 10.9. The van der Waals surface area contributed by atoms with Crippen LogP contribution in [0.4, 0.5) is 5.69 Å². The fourth-order valence-electron chi connectivity index (χ4n) is 1.42. The lowest BCUT2D eigenvalue weighted by molar-refractivity contribution is 0.103. The molecule has 0 fully saturated rings. The number of hydrogen-bond donors (Lipinski definition) is 1. The first-order chi connectivity index (χ1) is 8.79. The first-order valence-electron chi connectivity index (χ1n) is 5.48. The molecule has 1 aromatic carbocycles. The van der Waals surface area contributed by atoms with E-state index in [1.165, 1.54) is 11.3 Å². The maximum Gasteiger partial charge on any atom is 0.265 e. The van der Waals surface area contributed by atoms with Gasteiger partial charge in [0.2, 0.25) is 0 Å². The summed E-state index contributed by atoms with van der Waals surface area (Å²) in [6.07, 6.45) is 1.68. The number of amides is 1. The highest BCUT2D eigenvalue weighted by atomic mass is 32.1. The summed E-state index contributed by atoms with van der Waals surface area (Å²) < 4.78 is 5.40. The Bertz CT molecular complexity index is 534. The van der Waals surface area contributed by atoms with Gasteiger partial charge in [-0.25, -0.2) is 0 Å². The number of rotatable bonds is 5. The van der Waals surface area contributed by atoms with Crippen LogP contribution in [0.1, 0.15) is 9.67 Å². The van der Waals surface area contributed by atoms with Crippen LogP contribution >= 0.6 is 11.3 Å². The number of ether oxygens (including phenoxy) is 1. The molecule has 2 rings (SSSR count). The standard InChI is InChI=1S/C14H13NO2S/c1-2-8-17-12-6-3-5-11(10-12)15-14(16)13-7-4-9-18-13/h2-7,9-10H,1,8H2,(H,15,16). The minimum Gasteiger partial charge on any atom is -0.489 e. The lowest BCUT2D eigenvalue weighted by Crippen LogP contribution is -2.10. The second kappa shape index (κ2) is 6.02. The first kappa shape index (κ1) is 12.4. The fourth-order valence-corrected chi connectivity index (χ4v) is 2.04. The van der Waals surface area contributed by atoms with E-state index in [0.29, 0.717) is 17.2 Å². The summed E-state index contributed by atoms with van der Waals surface area (Å²) in [5, 5.41) is 4.70. The second-order valence-corrected chi connectivity index (χ2v) is 4.51. The van der Waals surface area contributed by atoms with Crippen LogP contribution in [0, 0.1) is 0 Å². The van der Waals surface area contributed by atoms with Crippen LogP contribution in [0.5, 0.6) is 5.75 Å². The molecule has 0 atom stereocenters. The number of benzene rings is 1. The predicted octanol–water partition coefficient (Wildman–Crippen LogP) is 3.57. The van der Waals surface area contributed by atoms with Crippen molar-refractivity contribution in [3.63, 3.8) is 0 Å². The highest BCUT2D eigenvalue weighted by Gasteiger charge is 2.06. The Morgan fingerprint density at radius 2 is 2.28 bits per heavy atom. The van der Waals surface area contributed by atoms with Crippen LogP contribution in [0.2, 0.25) is 0 Å². The lowest BCUT2D eigenvalue weighted by atomic mass is 10.3. The number of thiophene rings is 1. The van der Waals surface area contributed by atoms with Gasteiger partial charge in [-0.15, -0.1) is 11.3 Å². The quantitative estimate of drug-likeness (QED) is 0.834. The number of carbonyl (C=O) groups is 1. The summed E-state index contributed by atoms with van der Waals surface area (Å²) in [5.41, 5.74) is 0.718. The van der Waals surface area contributed by atoms with Gasteiger partial charge in [0.1, 0.15) is 12.4 Å². The molecule has 0 radical (unpaired) electrons. The van der Waals surface area contributed by atoms with Crippen molar-refractivity contribution in [2.75, 3.05) is 11.9 Å². The van der Waals surface area contributed by atoms with Crippen LogP contribution in [-0.2, 0) is 0 Å². The molecular weight excluding hydrogens is 246 g/mol. The molecule has 0 saturated heterocycles. The minimum absolute atomic E-state index is 0.106. The number of hydrogen-bond acceptors (Lipinski definition) is 3. The normalized spacial score (nSPS) is 9.78. The van der Waals surface area contributed by atoms with Crippen molar-refractivity contribution in [2.24, 2.45) is 0 Å². The number of carbonyl (C=O) groups excluding carboxylic acids is 1. The van der Waals surface area contributed by atoms with Crippen molar-refractivity contribution in [3.8, 4) is 5.75 Å². The molecular formula is C14H13NO2S. The maximum absolute atomic E-state index is 11.8. The van der Waals surface area contributed by atoms with E-state index >= 15 is 0 Å². The van der Waals surface area contributed by atoms with Crippen LogP contribution in [0.25, 0.3) is 0 Å². The topological polar surface area (TPSA) is 38.3 Å². The summed E-state index contributed by atoms with van der Waals surface area (Å²) >= 11 is 1.41. The molecule has 18 heavy (non-hydrogen) atoms.